The monoisotopic (exact) mass is 289 g/mol. The van der Waals surface area contributed by atoms with E-state index in [-0.39, 0.29) is 5.82 Å². The molecule has 2 aromatic heterocycles. The van der Waals surface area contributed by atoms with Gasteiger partial charge in [0.05, 0.1) is 12.1 Å². The Hall–Kier alpha value is -1.14. The second kappa shape index (κ2) is 3.79. The molecule has 0 aliphatic carbocycles. The summed E-state index contributed by atoms with van der Waals surface area (Å²) in [5, 5.41) is 7.90. The maximum absolute atomic E-state index is 11.3. The number of esters is 1. The van der Waals surface area contributed by atoms with Crippen LogP contribution in [0.25, 0.3) is 5.65 Å². The van der Waals surface area contributed by atoms with E-state index in [1.54, 1.807) is 12.3 Å². The van der Waals surface area contributed by atoms with Crippen molar-refractivity contribution in [3.05, 3.63) is 27.6 Å². The molecule has 0 unspecified atom stereocenters. The quantitative estimate of drug-likeness (QED) is 0.753. The molecule has 0 fully saturated rings. The largest absolute Gasteiger partial charge is 0.463 e. The summed E-state index contributed by atoms with van der Waals surface area (Å²) in [4.78, 5) is 11.3. The first kappa shape index (κ1) is 10.4. The van der Waals surface area contributed by atoms with Crippen molar-refractivity contribution in [3.8, 4) is 0 Å². The van der Waals surface area contributed by atoms with Crippen LogP contribution < -0.4 is 0 Å². The van der Waals surface area contributed by atoms with Crippen LogP contribution in [0.15, 0.2) is 16.7 Å². The van der Waals surface area contributed by atoms with Crippen LogP contribution in [0.1, 0.15) is 10.6 Å². The smallest absolute Gasteiger partial charge is 0.376 e. The van der Waals surface area contributed by atoms with Gasteiger partial charge in [0, 0.05) is 10.7 Å². The number of hydrogen-bond donors (Lipinski definition) is 0. The zero-order chi connectivity index (χ0) is 11.0. The fourth-order valence-corrected chi connectivity index (χ4v) is 1.97. The van der Waals surface area contributed by atoms with Crippen molar-refractivity contribution < 1.29 is 9.53 Å². The van der Waals surface area contributed by atoms with Crippen molar-refractivity contribution in [2.24, 2.45) is 0 Å². The summed E-state index contributed by atoms with van der Waals surface area (Å²) in [5.74, 6) is -0.465. The normalized spacial score (nSPS) is 10.6. The van der Waals surface area contributed by atoms with Gasteiger partial charge in [-0.2, -0.15) is 0 Å². The molecule has 7 heteroatoms. The highest BCUT2D eigenvalue weighted by Crippen LogP contribution is 2.21. The number of halogens is 2. The van der Waals surface area contributed by atoms with Crippen molar-refractivity contribution in [1.29, 1.82) is 0 Å². The van der Waals surface area contributed by atoms with E-state index >= 15 is 0 Å². The highest BCUT2D eigenvalue weighted by molar-refractivity contribution is 9.10. The standard InChI is InChI=1S/C8H5BrClN3O2/c1-15-8(14)7-12-11-6-5(10)2-4(9)3-13(6)7/h2-3H,1H3. The van der Waals surface area contributed by atoms with E-state index in [4.69, 9.17) is 11.6 Å². The van der Waals surface area contributed by atoms with Crippen LogP contribution >= 0.6 is 27.5 Å². The third-order valence-corrected chi connectivity index (χ3v) is 2.51. The van der Waals surface area contributed by atoms with Crippen LogP contribution in [0, 0.1) is 0 Å². The fraction of sp³-hybridized carbons (Fsp3) is 0.125. The molecule has 78 valence electrons. The van der Waals surface area contributed by atoms with E-state index in [2.05, 4.69) is 30.9 Å². The topological polar surface area (TPSA) is 56.5 Å². The Morgan fingerprint density at radius 3 is 3.00 bits per heavy atom. The van der Waals surface area contributed by atoms with Crippen LogP contribution in [0.2, 0.25) is 5.02 Å². The molecule has 0 amide bonds. The molecule has 2 aromatic rings. The molecule has 5 nitrogen and oxygen atoms in total. The molecule has 15 heavy (non-hydrogen) atoms. The lowest BCUT2D eigenvalue weighted by atomic mass is 10.4. The minimum absolute atomic E-state index is 0.0932. The molecule has 2 heterocycles. The van der Waals surface area contributed by atoms with Crippen molar-refractivity contribution >= 4 is 39.1 Å². The average molecular weight is 291 g/mol. The molecule has 0 N–H and O–H groups in total. The summed E-state index contributed by atoms with van der Waals surface area (Å²) < 4.78 is 6.76. The van der Waals surface area contributed by atoms with Crippen molar-refractivity contribution in [1.82, 2.24) is 14.6 Å². The average Bonchev–Trinajstić information content (AvgIpc) is 2.60. The Morgan fingerprint density at radius 2 is 2.33 bits per heavy atom. The molecule has 2 rings (SSSR count). The van der Waals surface area contributed by atoms with Crippen molar-refractivity contribution in [3.63, 3.8) is 0 Å². The summed E-state index contributed by atoms with van der Waals surface area (Å²) in [7, 11) is 1.28. The Bertz CT molecular complexity index is 540. The minimum atomic E-state index is -0.559. The van der Waals surface area contributed by atoms with Crippen LogP contribution in [-0.2, 0) is 4.74 Å². The predicted molar refractivity (Wildman–Crippen MR) is 57.0 cm³/mol. The van der Waals surface area contributed by atoms with Gasteiger partial charge < -0.3 is 4.74 Å². The van der Waals surface area contributed by atoms with Crippen LogP contribution in [0.4, 0.5) is 0 Å². The van der Waals surface area contributed by atoms with Gasteiger partial charge in [0.25, 0.3) is 0 Å². The van der Waals surface area contributed by atoms with E-state index < -0.39 is 5.97 Å². The summed E-state index contributed by atoms with van der Waals surface area (Å²) in [6, 6.07) is 1.67. The molecule has 0 radical (unpaired) electrons. The molecule has 0 aliphatic heterocycles. The van der Waals surface area contributed by atoms with Gasteiger partial charge in [-0.3, -0.25) is 4.40 Å². The van der Waals surface area contributed by atoms with E-state index in [1.807, 2.05) is 0 Å². The highest BCUT2D eigenvalue weighted by Gasteiger charge is 2.16. The number of nitrogens with zero attached hydrogens (tertiary/aromatic N) is 3. The van der Waals surface area contributed by atoms with Crippen molar-refractivity contribution in [2.45, 2.75) is 0 Å². The third-order valence-electron chi connectivity index (χ3n) is 1.79. The van der Waals surface area contributed by atoms with Crippen molar-refractivity contribution in [2.75, 3.05) is 7.11 Å². The molecule has 0 bridgehead atoms. The first-order chi connectivity index (χ1) is 7.13. The maximum Gasteiger partial charge on any atom is 0.376 e. The molecule has 0 aromatic carbocycles. The van der Waals surface area contributed by atoms with Gasteiger partial charge in [0.1, 0.15) is 0 Å². The van der Waals surface area contributed by atoms with Gasteiger partial charge >= 0.3 is 5.97 Å². The molecule has 0 saturated carbocycles. The molecule has 0 aliphatic rings. The van der Waals surface area contributed by atoms with Gasteiger partial charge in [0.2, 0.25) is 5.82 Å². The third kappa shape index (κ3) is 1.70. The summed E-state index contributed by atoms with van der Waals surface area (Å²) in [5.41, 5.74) is 0.417. The summed E-state index contributed by atoms with van der Waals surface area (Å²) in [6.07, 6.45) is 1.65. The molecule has 0 atom stereocenters. The van der Waals surface area contributed by atoms with Gasteiger partial charge in [-0.1, -0.05) is 11.6 Å². The molecular weight excluding hydrogens is 285 g/mol. The number of rotatable bonds is 1. The van der Waals surface area contributed by atoms with Gasteiger partial charge in [-0.25, -0.2) is 4.79 Å². The lowest BCUT2D eigenvalue weighted by Gasteiger charge is -1.99. The van der Waals surface area contributed by atoms with Crippen LogP contribution in [0.5, 0.6) is 0 Å². The second-order valence-electron chi connectivity index (χ2n) is 2.72. The number of hydrogen-bond acceptors (Lipinski definition) is 4. The second-order valence-corrected chi connectivity index (χ2v) is 4.04. The zero-order valence-corrected chi connectivity index (χ0v) is 9.91. The SMILES string of the molecule is COC(=O)c1nnc2c(Cl)cc(Br)cn12. The predicted octanol–water partition coefficient (Wildman–Crippen LogP) is 1.93. The molecular formula is C8H5BrClN3O2. The number of ether oxygens (including phenoxy) is 1. The van der Waals surface area contributed by atoms with Crippen LogP contribution in [0.3, 0.4) is 0 Å². The number of methoxy groups -OCH3 is 1. The van der Waals surface area contributed by atoms with Gasteiger partial charge in [0.15, 0.2) is 5.65 Å². The van der Waals surface area contributed by atoms with Gasteiger partial charge in [-0.15, -0.1) is 10.2 Å². The number of carbonyl (C=O) groups excluding carboxylic acids is 1. The number of fused-ring (bicyclic) bond motifs is 1. The zero-order valence-electron chi connectivity index (χ0n) is 7.57. The van der Waals surface area contributed by atoms with E-state index in [1.165, 1.54) is 11.5 Å². The van der Waals surface area contributed by atoms with E-state index in [0.717, 1.165) is 4.47 Å². The van der Waals surface area contributed by atoms with E-state index in [9.17, 15) is 4.79 Å². The molecule has 0 saturated heterocycles. The Morgan fingerprint density at radius 1 is 1.60 bits per heavy atom. The molecule has 0 spiro atoms. The minimum Gasteiger partial charge on any atom is -0.463 e. The van der Waals surface area contributed by atoms with E-state index in [0.29, 0.717) is 10.7 Å². The van der Waals surface area contributed by atoms with Gasteiger partial charge in [-0.05, 0) is 22.0 Å². The Kier molecular flexibility index (Phi) is 2.62. The Balaban J connectivity index is 2.74. The fourth-order valence-electron chi connectivity index (χ4n) is 1.15. The lowest BCUT2D eigenvalue weighted by Crippen LogP contribution is -2.07. The van der Waals surface area contributed by atoms with Crippen LogP contribution in [-0.4, -0.2) is 27.7 Å². The number of carbonyl (C=O) groups is 1. The first-order valence-electron chi connectivity index (χ1n) is 3.91. The highest BCUT2D eigenvalue weighted by atomic mass is 79.9. The summed E-state index contributed by atoms with van der Waals surface area (Å²) >= 11 is 9.18. The maximum atomic E-state index is 11.3. The lowest BCUT2D eigenvalue weighted by molar-refractivity contribution is 0.0585. The summed E-state index contributed by atoms with van der Waals surface area (Å²) in [6.45, 7) is 0. The number of pyridine rings is 1. The Labute approximate surface area is 98.1 Å². The number of aromatic nitrogens is 3. The first-order valence-corrected chi connectivity index (χ1v) is 5.08.